The van der Waals surface area contributed by atoms with Gasteiger partial charge in [-0.3, -0.25) is 4.79 Å². The fourth-order valence-electron chi connectivity index (χ4n) is 2.70. The lowest BCUT2D eigenvalue weighted by Crippen LogP contribution is -2.47. The molecule has 0 aliphatic carbocycles. The predicted molar refractivity (Wildman–Crippen MR) is 84.3 cm³/mol. The Morgan fingerprint density at radius 1 is 1.48 bits per heavy atom. The lowest BCUT2D eigenvalue weighted by Gasteiger charge is -2.35. The zero-order valence-corrected chi connectivity index (χ0v) is 12.9. The van der Waals surface area contributed by atoms with E-state index in [0.29, 0.717) is 30.5 Å². The first kappa shape index (κ1) is 15.6. The van der Waals surface area contributed by atoms with Crippen molar-refractivity contribution in [3.05, 3.63) is 24.3 Å². The van der Waals surface area contributed by atoms with Crippen LogP contribution >= 0.6 is 0 Å². The summed E-state index contributed by atoms with van der Waals surface area (Å²) in [6.07, 6.45) is 2.61. The minimum Gasteiger partial charge on any atom is -0.491 e. The molecular weight excluding hydrogens is 266 g/mol. The van der Waals surface area contributed by atoms with Crippen molar-refractivity contribution < 1.29 is 9.53 Å². The maximum atomic E-state index is 12.2. The summed E-state index contributed by atoms with van der Waals surface area (Å²) < 4.78 is 5.58. The van der Waals surface area contributed by atoms with Crippen LogP contribution in [0.25, 0.3) is 0 Å². The summed E-state index contributed by atoms with van der Waals surface area (Å²) in [6.45, 7) is 2.43. The van der Waals surface area contributed by atoms with Gasteiger partial charge < -0.3 is 20.3 Å². The Kier molecular flexibility index (Phi) is 5.44. The van der Waals surface area contributed by atoms with Crippen LogP contribution in [0.2, 0.25) is 0 Å². The van der Waals surface area contributed by atoms with E-state index in [9.17, 15) is 4.79 Å². The average molecular weight is 291 g/mol. The SMILES string of the molecule is CN1CCCC(N(C)C(=O)CCOc2ccccc2N)C1. The molecule has 21 heavy (non-hydrogen) atoms. The van der Waals surface area contributed by atoms with E-state index in [2.05, 4.69) is 11.9 Å². The number of hydrogen-bond donors (Lipinski definition) is 1. The molecule has 1 aliphatic heterocycles. The molecule has 0 aromatic heterocycles. The van der Waals surface area contributed by atoms with Crippen LogP contribution in [0.1, 0.15) is 19.3 Å². The van der Waals surface area contributed by atoms with Gasteiger partial charge in [-0.1, -0.05) is 12.1 Å². The molecule has 2 rings (SSSR count). The second-order valence-electron chi connectivity index (χ2n) is 5.70. The second kappa shape index (κ2) is 7.31. The molecule has 2 N–H and O–H groups in total. The normalized spacial score (nSPS) is 19.2. The van der Waals surface area contributed by atoms with Crippen LogP contribution in [0, 0.1) is 0 Å². The number of nitrogen functional groups attached to an aromatic ring is 1. The zero-order chi connectivity index (χ0) is 15.2. The Morgan fingerprint density at radius 3 is 2.95 bits per heavy atom. The van der Waals surface area contributed by atoms with Crippen molar-refractivity contribution in [1.29, 1.82) is 0 Å². The standard InChI is InChI=1S/C16H25N3O2/c1-18-10-5-6-13(12-18)19(2)16(20)9-11-21-15-8-4-3-7-14(15)17/h3-4,7-8,13H,5-6,9-12,17H2,1-2H3. The Bertz CT molecular complexity index is 478. The number of nitrogens with zero attached hydrogens (tertiary/aromatic N) is 2. The highest BCUT2D eigenvalue weighted by atomic mass is 16.5. The first-order chi connectivity index (χ1) is 10.1. The number of anilines is 1. The number of likely N-dealkylation sites (tertiary alicyclic amines) is 1. The number of hydrogen-bond acceptors (Lipinski definition) is 4. The Balaban J connectivity index is 1.77. The van der Waals surface area contributed by atoms with Crippen molar-refractivity contribution in [3.8, 4) is 5.75 Å². The number of carbonyl (C=O) groups is 1. The summed E-state index contributed by atoms with van der Waals surface area (Å²) in [5.74, 6) is 0.773. The van der Waals surface area contributed by atoms with Crippen LogP contribution < -0.4 is 10.5 Å². The fraction of sp³-hybridized carbons (Fsp3) is 0.562. The van der Waals surface area contributed by atoms with Gasteiger partial charge in [-0.2, -0.15) is 0 Å². The summed E-state index contributed by atoms with van der Waals surface area (Å²) in [6, 6.07) is 7.66. The van der Waals surface area contributed by atoms with E-state index in [1.165, 1.54) is 0 Å². The molecule has 1 saturated heterocycles. The molecule has 1 aromatic carbocycles. The molecule has 1 aromatic rings. The molecular formula is C16H25N3O2. The number of ether oxygens (including phenoxy) is 1. The summed E-state index contributed by atoms with van der Waals surface area (Å²) in [5.41, 5.74) is 6.41. The Morgan fingerprint density at radius 2 is 2.24 bits per heavy atom. The minimum absolute atomic E-state index is 0.129. The highest BCUT2D eigenvalue weighted by molar-refractivity contribution is 5.76. The highest BCUT2D eigenvalue weighted by Crippen LogP contribution is 2.20. The van der Waals surface area contributed by atoms with Crippen LogP contribution in [0.5, 0.6) is 5.75 Å². The van der Waals surface area contributed by atoms with Crippen molar-refractivity contribution in [2.75, 3.05) is 39.5 Å². The molecule has 5 nitrogen and oxygen atoms in total. The largest absolute Gasteiger partial charge is 0.491 e. The molecule has 0 spiro atoms. The van der Waals surface area contributed by atoms with E-state index in [-0.39, 0.29) is 5.91 Å². The van der Waals surface area contributed by atoms with Gasteiger partial charge >= 0.3 is 0 Å². The van der Waals surface area contributed by atoms with Gasteiger partial charge in [0.1, 0.15) is 5.75 Å². The van der Waals surface area contributed by atoms with Crippen molar-refractivity contribution >= 4 is 11.6 Å². The zero-order valence-electron chi connectivity index (χ0n) is 12.9. The van der Waals surface area contributed by atoms with E-state index in [0.717, 1.165) is 25.9 Å². The summed E-state index contributed by atoms with van der Waals surface area (Å²) >= 11 is 0. The topological polar surface area (TPSA) is 58.8 Å². The van der Waals surface area contributed by atoms with Gasteiger partial charge in [0, 0.05) is 19.6 Å². The van der Waals surface area contributed by atoms with E-state index < -0.39 is 0 Å². The van der Waals surface area contributed by atoms with Gasteiger partial charge in [-0.25, -0.2) is 0 Å². The first-order valence-electron chi connectivity index (χ1n) is 7.49. The van der Waals surface area contributed by atoms with Crippen LogP contribution in [-0.4, -0.2) is 55.5 Å². The first-order valence-corrected chi connectivity index (χ1v) is 7.49. The average Bonchev–Trinajstić information content (AvgIpc) is 2.48. The minimum atomic E-state index is 0.129. The third-order valence-corrected chi connectivity index (χ3v) is 4.03. The highest BCUT2D eigenvalue weighted by Gasteiger charge is 2.24. The number of para-hydroxylation sites is 2. The number of amides is 1. The molecule has 0 radical (unpaired) electrons. The van der Waals surface area contributed by atoms with Gasteiger partial charge in [0.2, 0.25) is 5.91 Å². The Labute approximate surface area is 126 Å². The third kappa shape index (κ3) is 4.36. The van der Waals surface area contributed by atoms with E-state index in [4.69, 9.17) is 10.5 Å². The van der Waals surface area contributed by atoms with Crippen molar-refractivity contribution in [3.63, 3.8) is 0 Å². The van der Waals surface area contributed by atoms with Crippen molar-refractivity contribution in [1.82, 2.24) is 9.80 Å². The van der Waals surface area contributed by atoms with Crippen LogP contribution in [0.4, 0.5) is 5.69 Å². The molecule has 0 bridgehead atoms. The maximum Gasteiger partial charge on any atom is 0.226 e. The summed E-state index contributed by atoms with van der Waals surface area (Å²) in [4.78, 5) is 16.4. The molecule has 1 unspecified atom stereocenters. The molecule has 0 saturated carbocycles. The fourth-order valence-corrected chi connectivity index (χ4v) is 2.70. The summed E-state index contributed by atoms with van der Waals surface area (Å²) in [5, 5.41) is 0. The molecule has 1 fully saturated rings. The lowest BCUT2D eigenvalue weighted by molar-refractivity contribution is -0.133. The smallest absolute Gasteiger partial charge is 0.226 e. The molecule has 1 amide bonds. The monoisotopic (exact) mass is 291 g/mol. The number of nitrogens with two attached hydrogens (primary N) is 1. The van der Waals surface area contributed by atoms with Crippen LogP contribution in [0.3, 0.4) is 0 Å². The van der Waals surface area contributed by atoms with E-state index in [1.807, 2.05) is 30.1 Å². The molecule has 116 valence electrons. The van der Waals surface area contributed by atoms with E-state index >= 15 is 0 Å². The van der Waals surface area contributed by atoms with Crippen LogP contribution in [0.15, 0.2) is 24.3 Å². The maximum absolute atomic E-state index is 12.2. The molecule has 1 aliphatic rings. The van der Waals surface area contributed by atoms with Gasteiger partial charge in [0.05, 0.1) is 18.7 Å². The third-order valence-electron chi connectivity index (χ3n) is 4.03. The quantitative estimate of drug-likeness (QED) is 0.837. The van der Waals surface area contributed by atoms with Crippen molar-refractivity contribution in [2.45, 2.75) is 25.3 Å². The van der Waals surface area contributed by atoms with Gasteiger partial charge in [0.25, 0.3) is 0 Å². The predicted octanol–water partition coefficient (Wildman–Crippen LogP) is 1.59. The number of rotatable bonds is 5. The number of carbonyl (C=O) groups excluding carboxylic acids is 1. The lowest BCUT2D eigenvalue weighted by atomic mass is 10.0. The summed E-state index contributed by atoms with van der Waals surface area (Å²) in [7, 11) is 3.99. The number of benzene rings is 1. The van der Waals surface area contributed by atoms with Gasteiger partial charge in [-0.05, 0) is 38.6 Å². The van der Waals surface area contributed by atoms with Crippen LogP contribution in [-0.2, 0) is 4.79 Å². The number of piperidine rings is 1. The van der Waals surface area contributed by atoms with Gasteiger partial charge in [-0.15, -0.1) is 0 Å². The van der Waals surface area contributed by atoms with Gasteiger partial charge in [0.15, 0.2) is 0 Å². The second-order valence-corrected chi connectivity index (χ2v) is 5.70. The molecule has 1 heterocycles. The van der Waals surface area contributed by atoms with E-state index in [1.54, 1.807) is 6.07 Å². The van der Waals surface area contributed by atoms with Crippen molar-refractivity contribution in [2.24, 2.45) is 0 Å². The molecule has 1 atom stereocenters. The molecule has 5 heteroatoms. The number of likely N-dealkylation sites (N-methyl/N-ethyl adjacent to an activating group) is 2. The Hall–Kier alpha value is -1.75.